The third-order valence-electron chi connectivity index (χ3n) is 6.45. The van der Waals surface area contributed by atoms with E-state index in [4.69, 9.17) is 9.57 Å². The zero-order valence-electron chi connectivity index (χ0n) is 19.7. The third kappa shape index (κ3) is 6.44. The Hall–Kier alpha value is -2.05. The predicted octanol–water partition coefficient (Wildman–Crippen LogP) is 4.03. The van der Waals surface area contributed by atoms with Crippen LogP contribution in [-0.2, 0) is 33.7 Å². The van der Waals surface area contributed by atoms with E-state index in [0.717, 1.165) is 22.2 Å². The molecule has 8 nitrogen and oxygen atoms in total. The highest BCUT2D eigenvalue weighted by atomic mass is 79.9. The van der Waals surface area contributed by atoms with E-state index in [1.165, 1.54) is 22.3 Å². The summed E-state index contributed by atoms with van der Waals surface area (Å²) in [5.41, 5.74) is 3.28. The molecule has 0 bridgehead atoms. The maximum Gasteiger partial charge on any atom is 0.246 e. The van der Waals surface area contributed by atoms with Crippen LogP contribution in [0.25, 0.3) is 6.08 Å². The SMILES string of the molecule is O=C(CC1(c2ccc(Br)s2)CCN(C(=O)C=Cc2ccccc2)CCS1(=O)=O)NOC1CCCCO1. The zero-order chi connectivity index (χ0) is 25.6. The quantitative estimate of drug-likeness (QED) is 0.382. The molecule has 4 rings (SSSR count). The Morgan fingerprint density at radius 3 is 2.69 bits per heavy atom. The minimum Gasteiger partial charge on any atom is -0.350 e. The van der Waals surface area contributed by atoms with Gasteiger partial charge in [0.05, 0.1) is 16.0 Å². The minimum atomic E-state index is -3.81. The molecule has 2 aliphatic rings. The van der Waals surface area contributed by atoms with E-state index in [9.17, 15) is 18.0 Å². The lowest BCUT2D eigenvalue weighted by molar-refractivity contribution is -0.200. The molecule has 1 N–H and O–H groups in total. The molecule has 2 aliphatic heterocycles. The highest BCUT2D eigenvalue weighted by Crippen LogP contribution is 2.44. The van der Waals surface area contributed by atoms with Crippen LogP contribution in [0.3, 0.4) is 0 Å². The third-order valence-corrected chi connectivity index (χ3v) is 10.9. The first-order valence-electron chi connectivity index (χ1n) is 11.9. The highest BCUT2D eigenvalue weighted by Gasteiger charge is 2.49. The smallest absolute Gasteiger partial charge is 0.246 e. The predicted molar refractivity (Wildman–Crippen MR) is 142 cm³/mol. The lowest BCUT2D eigenvalue weighted by Gasteiger charge is -2.31. The van der Waals surface area contributed by atoms with Crippen LogP contribution in [0.4, 0.5) is 0 Å². The van der Waals surface area contributed by atoms with Crippen molar-refractivity contribution in [2.75, 3.05) is 25.4 Å². The molecule has 2 unspecified atom stereocenters. The monoisotopic (exact) mass is 596 g/mol. The zero-order valence-corrected chi connectivity index (χ0v) is 22.9. The summed E-state index contributed by atoms with van der Waals surface area (Å²) in [5, 5.41) is 0. The summed E-state index contributed by atoms with van der Waals surface area (Å²) in [7, 11) is -3.81. The van der Waals surface area contributed by atoms with Gasteiger partial charge in [-0.3, -0.25) is 9.59 Å². The fraction of sp³-hybridized carbons (Fsp3) is 0.440. The van der Waals surface area contributed by atoms with Gasteiger partial charge in [-0.2, -0.15) is 0 Å². The Labute approximate surface area is 223 Å². The van der Waals surface area contributed by atoms with Crippen molar-refractivity contribution in [1.82, 2.24) is 10.4 Å². The molecule has 2 saturated heterocycles. The molecule has 0 spiro atoms. The Balaban J connectivity index is 1.52. The summed E-state index contributed by atoms with van der Waals surface area (Å²) < 4.78 is 32.2. The Morgan fingerprint density at radius 2 is 2.00 bits per heavy atom. The largest absolute Gasteiger partial charge is 0.350 e. The van der Waals surface area contributed by atoms with Gasteiger partial charge in [-0.05, 0) is 59.0 Å². The average molecular weight is 598 g/mol. The minimum absolute atomic E-state index is 0.0582. The molecule has 2 amide bonds. The maximum absolute atomic E-state index is 13.7. The van der Waals surface area contributed by atoms with Crippen molar-refractivity contribution in [3.63, 3.8) is 0 Å². The number of ether oxygens (including phenoxy) is 1. The maximum atomic E-state index is 13.7. The van der Waals surface area contributed by atoms with Gasteiger partial charge in [0.15, 0.2) is 16.1 Å². The van der Waals surface area contributed by atoms with Gasteiger partial charge in [0.25, 0.3) is 0 Å². The van der Waals surface area contributed by atoms with Gasteiger partial charge in [0.1, 0.15) is 4.75 Å². The van der Waals surface area contributed by atoms with Crippen LogP contribution in [0.15, 0.2) is 52.3 Å². The lowest BCUT2D eigenvalue weighted by Crippen LogP contribution is -2.43. The number of halogens is 1. The molecule has 0 saturated carbocycles. The van der Waals surface area contributed by atoms with Gasteiger partial charge in [-0.1, -0.05) is 30.3 Å². The second-order valence-electron chi connectivity index (χ2n) is 8.85. The number of benzene rings is 1. The average Bonchev–Trinajstić information content (AvgIpc) is 3.27. The molecule has 2 aromatic rings. The highest BCUT2D eigenvalue weighted by molar-refractivity contribution is 9.11. The summed E-state index contributed by atoms with van der Waals surface area (Å²) in [6.07, 6.45) is 4.96. The number of carbonyl (C=O) groups excluding carboxylic acids is 2. The molecule has 36 heavy (non-hydrogen) atoms. The molecular weight excluding hydrogens is 568 g/mol. The first kappa shape index (κ1) is 27.0. The second-order valence-corrected chi connectivity index (χ2v) is 13.7. The van der Waals surface area contributed by atoms with Crippen molar-refractivity contribution in [2.24, 2.45) is 0 Å². The molecule has 2 atom stereocenters. The first-order chi connectivity index (χ1) is 17.3. The van der Waals surface area contributed by atoms with Crippen molar-refractivity contribution < 1.29 is 27.6 Å². The standard InChI is InChI=1S/C25H29BrN2O6S2/c26-21-11-10-20(35-21)25(18-22(29)27-34-24-8-4-5-16-33-24)13-14-28(15-17-36(25,31)32)23(30)12-9-19-6-2-1-3-7-19/h1-3,6-7,9-12,24H,4-5,8,13-18H2,(H,27,29). The molecule has 194 valence electrons. The lowest BCUT2D eigenvalue weighted by atomic mass is 9.97. The second kappa shape index (κ2) is 12.0. The number of hydrogen-bond donors (Lipinski definition) is 1. The first-order valence-corrected chi connectivity index (χ1v) is 15.1. The number of hydrogen-bond acceptors (Lipinski definition) is 7. The van der Waals surface area contributed by atoms with Crippen LogP contribution in [0.2, 0.25) is 0 Å². The molecular formula is C25H29BrN2O6S2. The number of thiophene rings is 1. The van der Waals surface area contributed by atoms with Crippen LogP contribution < -0.4 is 5.48 Å². The number of nitrogens with zero attached hydrogens (tertiary/aromatic N) is 1. The fourth-order valence-electron chi connectivity index (χ4n) is 4.42. The molecule has 1 aromatic carbocycles. The number of nitrogens with one attached hydrogen (secondary N) is 1. The van der Waals surface area contributed by atoms with Crippen LogP contribution >= 0.6 is 27.3 Å². The van der Waals surface area contributed by atoms with E-state index >= 15 is 0 Å². The summed E-state index contributed by atoms with van der Waals surface area (Å²) in [6.45, 7) is 0.819. The molecule has 11 heteroatoms. The normalized spacial score (nSPS) is 24.4. The van der Waals surface area contributed by atoms with E-state index in [1.807, 2.05) is 30.3 Å². The molecule has 0 aliphatic carbocycles. The number of amides is 2. The van der Waals surface area contributed by atoms with Gasteiger partial charge >= 0.3 is 0 Å². The number of sulfone groups is 1. The van der Waals surface area contributed by atoms with Crippen LogP contribution in [0.5, 0.6) is 0 Å². The van der Waals surface area contributed by atoms with Gasteiger partial charge in [0.2, 0.25) is 11.8 Å². The summed E-state index contributed by atoms with van der Waals surface area (Å²) in [6, 6.07) is 12.9. The van der Waals surface area contributed by atoms with E-state index < -0.39 is 26.8 Å². The Kier molecular flexibility index (Phi) is 9.00. The van der Waals surface area contributed by atoms with E-state index in [2.05, 4.69) is 21.4 Å². The van der Waals surface area contributed by atoms with Crippen LogP contribution in [-0.4, -0.2) is 56.9 Å². The summed E-state index contributed by atoms with van der Waals surface area (Å²) in [5.74, 6) is -1.05. The van der Waals surface area contributed by atoms with E-state index in [-0.39, 0.29) is 37.6 Å². The molecule has 2 fully saturated rings. The molecule has 3 heterocycles. The fourth-order valence-corrected chi connectivity index (χ4v) is 8.40. The van der Waals surface area contributed by atoms with Crippen molar-refractivity contribution in [2.45, 2.75) is 43.1 Å². The van der Waals surface area contributed by atoms with Crippen molar-refractivity contribution in [3.05, 3.63) is 62.8 Å². The van der Waals surface area contributed by atoms with Gasteiger partial charge in [-0.15, -0.1) is 11.3 Å². The van der Waals surface area contributed by atoms with Gasteiger partial charge < -0.3 is 9.64 Å². The number of hydroxylamine groups is 1. The van der Waals surface area contributed by atoms with Gasteiger partial charge in [0, 0.05) is 37.1 Å². The molecule has 1 aromatic heterocycles. The van der Waals surface area contributed by atoms with Crippen molar-refractivity contribution in [3.8, 4) is 0 Å². The van der Waals surface area contributed by atoms with Crippen molar-refractivity contribution in [1.29, 1.82) is 0 Å². The Bertz CT molecular complexity index is 1190. The van der Waals surface area contributed by atoms with Crippen molar-refractivity contribution >= 4 is 55.0 Å². The Morgan fingerprint density at radius 1 is 1.19 bits per heavy atom. The summed E-state index contributed by atoms with van der Waals surface area (Å²) >= 11 is 4.70. The van der Waals surface area contributed by atoms with E-state index in [1.54, 1.807) is 18.2 Å². The van der Waals surface area contributed by atoms with E-state index in [0.29, 0.717) is 17.9 Å². The topological polar surface area (TPSA) is 102 Å². The molecule has 0 radical (unpaired) electrons. The van der Waals surface area contributed by atoms with Crippen LogP contribution in [0.1, 0.15) is 42.5 Å². The van der Waals surface area contributed by atoms with Crippen LogP contribution in [0, 0.1) is 0 Å². The van der Waals surface area contributed by atoms with Gasteiger partial charge in [-0.25, -0.2) is 18.7 Å². The number of carbonyl (C=O) groups is 2. The summed E-state index contributed by atoms with van der Waals surface area (Å²) in [4.78, 5) is 33.4. The number of rotatable bonds is 7.